The molecule has 0 radical (unpaired) electrons. The summed E-state index contributed by atoms with van der Waals surface area (Å²) in [6, 6.07) is 23.7. The molecule has 0 bridgehead atoms. The lowest BCUT2D eigenvalue weighted by Crippen LogP contribution is -2.23. The first kappa shape index (κ1) is 24.5. The highest BCUT2D eigenvalue weighted by molar-refractivity contribution is 14.0. The Bertz CT molecular complexity index is 964. The molecule has 6 nitrogen and oxygen atoms in total. The summed E-state index contributed by atoms with van der Waals surface area (Å²) < 4.78 is 16.4. The predicted octanol–water partition coefficient (Wildman–Crippen LogP) is 4.97. The molecule has 0 aliphatic heterocycles. The Kier molecular flexibility index (Phi) is 10.1. The summed E-state index contributed by atoms with van der Waals surface area (Å²) in [7, 11) is 3.21. The lowest BCUT2D eigenvalue weighted by molar-refractivity contribution is 0.107. The smallest absolute Gasteiger partial charge is 0.193 e. The van der Waals surface area contributed by atoms with Crippen molar-refractivity contribution in [3.05, 3.63) is 89.5 Å². The molecule has 0 saturated heterocycles. The van der Waals surface area contributed by atoms with Gasteiger partial charge in [0.25, 0.3) is 0 Å². The van der Waals surface area contributed by atoms with E-state index < -0.39 is 0 Å². The minimum atomic E-state index is 0. The van der Waals surface area contributed by atoms with E-state index in [0.717, 1.165) is 11.1 Å². The number of nitrogens with two attached hydrogens (primary N) is 1. The lowest BCUT2D eigenvalue weighted by atomic mass is 10.1. The van der Waals surface area contributed by atoms with Gasteiger partial charge < -0.3 is 25.3 Å². The fourth-order valence-corrected chi connectivity index (χ4v) is 2.87. The molecule has 0 heterocycles. The number of methoxy groups -OCH3 is 2. The Morgan fingerprint density at radius 2 is 1.48 bits per heavy atom. The SMILES string of the molecule is COc1ccc(OC)c(NC(N)=NCc2ccc(COCc3ccccc3)cc2)c1.I. The molecule has 0 aliphatic carbocycles. The van der Waals surface area contributed by atoms with Crippen LogP contribution in [0.4, 0.5) is 5.69 Å². The van der Waals surface area contributed by atoms with Crippen molar-refractivity contribution in [3.63, 3.8) is 0 Å². The lowest BCUT2D eigenvalue weighted by Gasteiger charge is -2.12. The number of aliphatic imine (C=N–C) groups is 1. The van der Waals surface area contributed by atoms with Crippen molar-refractivity contribution in [1.29, 1.82) is 0 Å². The normalized spacial score (nSPS) is 10.8. The number of hydrogen-bond acceptors (Lipinski definition) is 4. The molecule has 0 aliphatic rings. The number of anilines is 1. The van der Waals surface area contributed by atoms with Gasteiger partial charge in [0.2, 0.25) is 0 Å². The molecule has 3 N–H and O–H groups in total. The van der Waals surface area contributed by atoms with Crippen LogP contribution >= 0.6 is 24.0 Å². The number of ether oxygens (including phenoxy) is 3. The minimum absolute atomic E-state index is 0. The van der Waals surface area contributed by atoms with Gasteiger partial charge in [0.05, 0.1) is 39.7 Å². The van der Waals surface area contributed by atoms with Gasteiger partial charge in [-0.25, -0.2) is 4.99 Å². The molecule has 0 aromatic heterocycles. The summed E-state index contributed by atoms with van der Waals surface area (Å²) >= 11 is 0. The zero-order valence-corrected chi connectivity index (χ0v) is 20.0. The van der Waals surface area contributed by atoms with Crippen LogP contribution in [0.2, 0.25) is 0 Å². The average molecular weight is 533 g/mol. The summed E-state index contributed by atoms with van der Waals surface area (Å²) in [5.41, 5.74) is 10.1. The van der Waals surface area contributed by atoms with Gasteiger partial charge >= 0.3 is 0 Å². The number of benzene rings is 3. The van der Waals surface area contributed by atoms with Crippen LogP contribution in [0.1, 0.15) is 16.7 Å². The predicted molar refractivity (Wildman–Crippen MR) is 135 cm³/mol. The first-order valence-corrected chi connectivity index (χ1v) is 9.66. The van der Waals surface area contributed by atoms with Crippen molar-refractivity contribution in [3.8, 4) is 11.5 Å². The topological polar surface area (TPSA) is 78.1 Å². The van der Waals surface area contributed by atoms with E-state index in [0.29, 0.717) is 42.9 Å². The molecule has 164 valence electrons. The largest absolute Gasteiger partial charge is 0.497 e. The second kappa shape index (κ2) is 12.8. The molecule has 0 unspecified atom stereocenters. The van der Waals surface area contributed by atoms with Gasteiger partial charge in [-0.1, -0.05) is 54.6 Å². The van der Waals surface area contributed by atoms with Crippen LogP contribution in [0.5, 0.6) is 11.5 Å². The summed E-state index contributed by atoms with van der Waals surface area (Å²) in [5.74, 6) is 1.67. The molecule has 3 rings (SSSR count). The van der Waals surface area contributed by atoms with E-state index in [9.17, 15) is 0 Å². The third-order valence-electron chi connectivity index (χ3n) is 4.50. The van der Waals surface area contributed by atoms with Crippen LogP contribution < -0.4 is 20.5 Å². The molecule has 3 aromatic rings. The van der Waals surface area contributed by atoms with Crippen LogP contribution in [-0.2, 0) is 24.5 Å². The second-order valence-corrected chi connectivity index (χ2v) is 6.69. The first-order chi connectivity index (χ1) is 14.7. The van der Waals surface area contributed by atoms with Crippen molar-refractivity contribution in [1.82, 2.24) is 0 Å². The van der Waals surface area contributed by atoms with E-state index in [2.05, 4.69) is 22.4 Å². The van der Waals surface area contributed by atoms with Crippen LogP contribution in [0.25, 0.3) is 0 Å². The zero-order chi connectivity index (χ0) is 21.2. The van der Waals surface area contributed by atoms with Crippen molar-refractivity contribution in [2.45, 2.75) is 19.8 Å². The molecular formula is C24H28IN3O3. The van der Waals surface area contributed by atoms with Gasteiger partial charge in [-0.15, -0.1) is 24.0 Å². The molecule has 0 fully saturated rings. The molecule has 3 aromatic carbocycles. The van der Waals surface area contributed by atoms with Gasteiger partial charge in [0, 0.05) is 6.07 Å². The average Bonchev–Trinajstić information content (AvgIpc) is 2.79. The highest BCUT2D eigenvalue weighted by Gasteiger charge is 2.06. The van der Waals surface area contributed by atoms with Gasteiger partial charge in [-0.2, -0.15) is 0 Å². The zero-order valence-electron chi connectivity index (χ0n) is 17.7. The maximum Gasteiger partial charge on any atom is 0.193 e. The van der Waals surface area contributed by atoms with Crippen LogP contribution in [-0.4, -0.2) is 20.2 Å². The molecule has 7 heteroatoms. The monoisotopic (exact) mass is 533 g/mol. The van der Waals surface area contributed by atoms with Gasteiger partial charge in [-0.3, -0.25) is 0 Å². The number of hydrogen-bond donors (Lipinski definition) is 2. The highest BCUT2D eigenvalue weighted by atomic mass is 127. The van der Waals surface area contributed by atoms with Crippen molar-refractivity contribution < 1.29 is 14.2 Å². The van der Waals surface area contributed by atoms with E-state index in [1.807, 2.05) is 60.7 Å². The number of halogens is 1. The highest BCUT2D eigenvalue weighted by Crippen LogP contribution is 2.28. The fraction of sp³-hybridized carbons (Fsp3) is 0.208. The number of nitrogens with zero attached hydrogens (tertiary/aromatic N) is 1. The number of nitrogens with one attached hydrogen (secondary N) is 1. The van der Waals surface area contributed by atoms with E-state index in [-0.39, 0.29) is 24.0 Å². The summed E-state index contributed by atoms with van der Waals surface area (Å²) in [6.45, 7) is 1.64. The second-order valence-electron chi connectivity index (χ2n) is 6.69. The van der Waals surface area contributed by atoms with Crippen LogP contribution in [0, 0.1) is 0 Å². The molecule has 0 spiro atoms. The summed E-state index contributed by atoms with van der Waals surface area (Å²) in [5, 5.41) is 3.06. The van der Waals surface area contributed by atoms with Crippen molar-refractivity contribution in [2.75, 3.05) is 19.5 Å². The van der Waals surface area contributed by atoms with E-state index >= 15 is 0 Å². The van der Waals surface area contributed by atoms with E-state index in [4.69, 9.17) is 19.9 Å². The third-order valence-corrected chi connectivity index (χ3v) is 4.50. The van der Waals surface area contributed by atoms with Crippen LogP contribution in [0.15, 0.2) is 77.8 Å². The maximum atomic E-state index is 6.04. The Hall–Kier alpha value is -2.78. The number of rotatable bonds is 9. The maximum absolute atomic E-state index is 6.04. The minimum Gasteiger partial charge on any atom is -0.497 e. The fourth-order valence-electron chi connectivity index (χ4n) is 2.87. The summed E-state index contributed by atoms with van der Waals surface area (Å²) in [4.78, 5) is 4.41. The van der Waals surface area contributed by atoms with E-state index in [1.54, 1.807) is 14.2 Å². The molecular weight excluding hydrogens is 505 g/mol. The molecule has 0 atom stereocenters. The Labute approximate surface area is 200 Å². The summed E-state index contributed by atoms with van der Waals surface area (Å²) in [6.07, 6.45) is 0. The third kappa shape index (κ3) is 7.76. The quantitative estimate of drug-likeness (QED) is 0.231. The number of guanidine groups is 1. The Balaban J connectivity index is 0.00000341. The van der Waals surface area contributed by atoms with Crippen molar-refractivity contribution in [2.24, 2.45) is 10.7 Å². The van der Waals surface area contributed by atoms with E-state index in [1.165, 1.54) is 5.56 Å². The van der Waals surface area contributed by atoms with Gasteiger partial charge in [-0.05, 0) is 28.8 Å². The van der Waals surface area contributed by atoms with Gasteiger partial charge in [0.1, 0.15) is 11.5 Å². The van der Waals surface area contributed by atoms with Crippen LogP contribution in [0.3, 0.4) is 0 Å². The standard InChI is InChI=1S/C24H27N3O3.HI/c1-28-21-12-13-23(29-2)22(14-21)27-24(25)26-15-18-8-10-20(11-9-18)17-30-16-19-6-4-3-5-7-19;/h3-14H,15-17H2,1-2H3,(H3,25,26,27);1H. The van der Waals surface area contributed by atoms with Gasteiger partial charge in [0.15, 0.2) is 5.96 Å². The molecule has 31 heavy (non-hydrogen) atoms. The first-order valence-electron chi connectivity index (χ1n) is 9.66. The Morgan fingerprint density at radius 3 is 2.13 bits per heavy atom. The molecule has 0 amide bonds. The molecule has 0 saturated carbocycles. The Morgan fingerprint density at radius 1 is 0.839 bits per heavy atom. The van der Waals surface area contributed by atoms with Crippen molar-refractivity contribution >= 4 is 35.6 Å².